The third kappa shape index (κ3) is 4.08. The first-order chi connectivity index (χ1) is 12.8. The minimum atomic E-state index is 0.418. The van der Waals surface area contributed by atoms with Crippen LogP contribution in [0.15, 0.2) is 48.7 Å². The molecule has 6 nitrogen and oxygen atoms in total. The SMILES string of the molecule is Cc1nc2n(n1)C[C@@H](NCc1cccc(OCc3ccccn3)c1)CC2. The number of nitrogens with zero attached hydrogens (tertiary/aromatic N) is 4. The Kier molecular flexibility index (Phi) is 4.93. The van der Waals surface area contributed by atoms with Crippen molar-refractivity contribution >= 4 is 0 Å². The molecule has 1 aromatic carbocycles. The second-order valence-electron chi connectivity index (χ2n) is 6.63. The van der Waals surface area contributed by atoms with Gasteiger partial charge in [0.2, 0.25) is 0 Å². The Bertz CT molecular complexity index is 862. The number of pyridine rings is 1. The Morgan fingerprint density at radius 3 is 3.08 bits per heavy atom. The molecule has 0 saturated heterocycles. The van der Waals surface area contributed by atoms with Gasteiger partial charge in [-0.15, -0.1) is 0 Å². The average molecular weight is 349 g/mol. The van der Waals surface area contributed by atoms with Gasteiger partial charge in [0.05, 0.1) is 12.2 Å². The van der Waals surface area contributed by atoms with Crippen molar-refractivity contribution in [3.8, 4) is 5.75 Å². The summed E-state index contributed by atoms with van der Waals surface area (Å²) in [6, 6.07) is 14.5. The molecule has 1 aliphatic rings. The minimum absolute atomic E-state index is 0.418. The van der Waals surface area contributed by atoms with Crippen molar-refractivity contribution in [3.05, 3.63) is 71.6 Å². The summed E-state index contributed by atoms with van der Waals surface area (Å²) in [7, 11) is 0. The summed E-state index contributed by atoms with van der Waals surface area (Å²) < 4.78 is 7.89. The van der Waals surface area contributed by atoms with E-state index < -0.39 is 0 Å². The molecule has 3 aromatic rings. The lowest BCUT2D eigenvalue weighted by molar-refractivity contribution is 0.300. The van der Waals surface area contributed by atoms with E-state index in [9.17, 15) is 0 Å². The highest BCUT2D eigenvalue weighted by molar-refractivity contribution is 5.28. The van der Waals surface area contributed by atoms with Gasteiger partial charge in [-0.05, 0) is 43.2 Å². The predicted molar refractivity (Wildman–Crippen MR) is 98.7 cm³/mol. The summed E-state index contributed by atoms with van der Waals surface area (Å²) in [5.41, 5.74) is 2.14. The van der Waals surface area contributed by atoms with Gasteiger partial charge in [0.25, 0.3) is 0 Å². The van der Waals surface area contributed by atoms with Crippen molar-refractivity contribution in [2.75, 3.05) is 0 Å². The van der Waals surface area contributed by atoms with Crippen LogP contribution in [0, 0.1) is 6.92 Å². The fourth-order valence-corrected chi connectivity index (χ4v) is 3.25. The summed E-state index contributed by atoms with van der Waals surface area (Å²) in [4.78, 5) is 8.75. The van der Waals surface area contributed by atoms with E-state index in [0.29, 0.717) is 12.6 Å². The number of hydrogen-bond donors (Lipinski definition) is 1. The highest BCUT2D eigenvalue weighted by Crippen LogP contribution is 2.17. The van der Waals surface area contributed by atoms with Crippen LogP contribution < -0.4 is 10.1 Å². The largest absolute Gasteiger partial charge is 0.487 e. The van der Waals surface area contributed by atoms with E-state index in [1.807, 2.05) is 41.9 Å². The maximum atomic E-state index is 5.86. The Hall–Kier alpha value is -2.73. The maximum Gasteiger partial charge on any atom is 0.147 e. The van der Waals surface area contributed by atoms with Gasteiger partial charge in [-0.3, -0.25) is 4.98 Å². The zero-order valence-corrected chi connectivity index (χ0v) is 14.9. The average Bonchev–Trinajstić information content (AvgIpc) is 3.05. The Balaban J connectivity index is 1.31. The lowest BCUT2D eigenvalue weighted by Gasteiger charge is -2.23. The van der Waals surface area contributed by atoms with Gasteiger partial charge in [0.1, 0.15) is 24.0 Å². The van der Waals surface area contributed by atoms with Crippen molar-refractivity contribution in [2.45, 2.75) is 45.5 Å². The highest BCUT2D eigenvalue weighted by Gasteiger charge is 2.20. The van der Waals surface area contributed by atoms with Crippen LogP contribution in [0.25, 0.3) is 0 Å². The monoisotopic (exact) mass is 349 g/mol. The fraction of sp³-hybridized carbons (Fsp3) is 0.350. The lowest BCUT2D eigenvalue weighted by Crippen LogP contribution is -2.37. The van der Waals surface area contributed by atoms with Crippen LogP contribution in [0.4, 0.5) is 0 Å². The molecule has 0 radical (unpaired) electrons. The van der Waals surface area contributed by atoms with Gasteiger partial charge in [0, 0.05) is 25.2 Å². The zero-order chi connectivity index (χ0) is 17.8. The summed E-state index contributed by atoms with van der Waals surface area (Å²) in [5.74, 6) is 2.83. The number of aromatic nitrogens is 4. The predicted octanol–water partition coefficient (Wildman–Crippen LogP) is 2.67. The molecule has 26 heavy (non-hydrogen) atoms. The maximum absolute atomic E-state index is 5.86. The van der Waals surface area contributed by atoms with Gasteiger partial charge >= 0.3 is 0 Å². The molecule has 6 heteroatoms. The topological polar surface area (TPSA) is 64.9 Å². The number of hydrogen-bond acceptors (Lipinski definition) is 5. The third-order valence-electron chi connectivity index (χ3n) is 4.57. The van der Waals surface area contributed by atoms with Crippen molar-refractivity contribution in [3.63, 3.8) is 0 Å². The van der Waals surface area contributed by atoms with Crippen molar-refractivity contribution in [1.82, 2.24) is 25.1 Å². The van der Waals surface area contributed by atoms with Gasteiger partial charge < -0.3 is 10.1 Å². The molecule has 1 aliphatic heterocycles. The molecule has 2 aromatic heterocycles. The van der Waals surface area contributed by atoms with Gasteiger partial charge in [0.15, 0.2) is 0 Å². The fourth-order valence-electron chi connectivity index (χ4n) is 3.25. The molecule has 0 spiro atoms. The Morgan fingerprint density at radius 2 is 2.19 bits per heavy atom. The molecular formula is C20H23N5O. The molecule has 134 valence electrons. The van der Waals surface area contributed by atoms with Gasteiger partial charge in [-0.2, -0.15) is 5.10 Å². The molecule has 1 N–H and O–H groups in total. The van der Waals surface area contributed by atoms with Crippen LogP contribution in [0.1, 0.15) is 29.3 Å². The summed E-state index contributed by atoms with van der Waals surface area (Å²) >= 11 is 0. The van der Waals surface area contributed by atoms with E-state index in [4.69, 9.17) is 4.74 Å². The number of nitrogens with one attached hydrogen (secondary N) is 1. The quantitative estimate of drug-likeness (QED) is 0.741. The van der Waals surface area contributed by atoms with Crippen LogP contribution in [-0.4, -0.2) is 25.8 Å². The number of fused-ring (bicyclic) bond motifs is 1. The van der Waals surface area contributed by atoms with E-state index >= 15 is 0 Å². The minimum Gasteiger partial charge on any atom is -0.487 e. The third-order valence-corrected chi connectivity index (χ3v) is 4.57. The van der Waals surface area contributed by atoms with Crippen LogP contribution in [0.5, 0.6) is 5.75 Å². The molecule has 3 heterocycles. The number of rotatable bonds is 6. The number of ether oxygens (including phenoxy) is 1. The van der Waals surface area contributed by atoms with E-state index in [1.165, 1.54) is 5.56 Å². The summed E-state index contributed by atoms with van der Waals surface area (Å²) in [6.07, 6.45) is 3.85. The first kappa shape index (κ1) is 16.7. The molecule has 0 bridgehead atoms. The van der Waals surface area contributed by atoms with Crippen molar-refractivity contribution < 1.29 is 4.74 Å². The van der Waals surface area contributed by atoms with Crippen molar-refractivity contribution in [1.29, 1.82) is 0 Å². The molecule has 1 atom stereocenters. The standard InChI is InChI=1S/C20H23N5O/c1-15-23-20-9-8-17(13-25(20)24-15)22-12-16-5-4-7-19(11-16)26-14-18-6-2-3-10-21-18/h2-7,10-11,17,22H,8-9,12-14H2,1H3/t17-/m0/s1. The first-order valence-electron chi connectivity index (χ1n) is 9.01. The van der Waals surface area contributed by atoms with E-state index in [0.717, 1.165) is 49.0 Å². The summed E-state index contributed by atoms with van der Waals surface area (Å²) in [5, 5.41) is 8.10. The first-order valence-corrected chi connectivity index (χ1v) is 9.01. The lowest BCUT2D eigenvalue weighted by atomic mass is 10.1. The van der Waals surface area contributed by atoms with Crippen LogP contribution in [0.2, 0.25) is 0 Å². The molecule has 0 amide bonds. The molecular weight excluding hydrogens is 326 g/mol. The molecule has 0 fully saturated rings. The number of benzene rings is 1. The Labute approximate surface area is 153 Å². The second kappa shape index (κ2) is 7.66. The molecule has 0 unspecified atom stereocenters. The van der Waals surface area contributed by atoms with E-state index in [1.54, 1.807) is 6.20 Å². The zero-order valence-electron chi connectivity index (χ0n) is 14.9. The Morgan fingerprint density at radius 1 is 1.23 bits per heavy atom. The van der Waals surface area contributed by atoms with Crippen LogP contribution in [-0.2, 0) is 26.1 Å². The second-order valence-corrected chi connectivity index (χ2v) is 6.63. The van der Waals surface area contributed by atoms with Crippen LogP contribution >= 0.6 is 0 Å². The molecule has 0 aliphatic carbocycles. The normalized spacial score (nSPS) is 16.3. The van der Waals surface area contributed by atoms with Crippen LogP contribution in [0.3, 0.4) is 0 Å². The molecule has 0 saturated carbocycles. The van der Waals surface area contributed by atoms with Gasteiger partial charge in [-0.1, -0.05) is 18.2 Å². The van der Waals surface area contributed by atoms with E-state index in [-0.39, 0.29) is 0 Å². The molecule has 4 rings (SSSR count). The van der Waals surface area contributed by atoms with E-state index in [2.05, 4.69) is 32.5 Å². The van der Waals surface area contributed by atoms with Gasteiger partial charge in [-0.25, -0.2) is 9.67 Å². The summed E-state index contributed by atoms with van der Waals surface area (Å²) in [6.45, 7) is 4.12. The van der Waals surface area contributed by atoms with Crippen molar-refractivity contribution in [2.24, 2.45) is 0 Å². The number of aryl methyl sites for hydroxylation is 2. The smallest absolute Gasteiger partial charge is 0.147 e. The highest BCUT2D eigenvalue weighted by atomic mass is 16.5.